The van der Waals surface area contributed by atoms with E-state index in [-0.39, 0.29) is 12.5 Å². The van der Waals surface area contributed by atoms with Crippen molar-refractivity contribution in [3.05, 3.63) is 170 Å². The molecule has 72 heavy (non-hydrogen) atoms. The number of carbonyl (C=O) groups is 1. The summed E-state index contributed by atoms with van der Waals surface area (Å²) in [4.78, 5) is 25.3. The normalized spacial score (nSPS) is 15.3. The number of aliphatic hydroxyl groups is 1. The van der Waals surface area contributed by atoms with E-state index < -0.39 is 26.6 Å². The van der Waals surface area contributed by atoms with E-state index in [4.69, 9.17) is 9.05 Å². The summed E-state index contributed by atoms with van der Waals surface area (Å²) >= 11 is 0. The first-order chi connectivity index (χ1) is 35.0. The molecule has 0 heterocycles. The van der Waals surface area contributed by atoms with Gasteiger partial charge in [0.05, 0.1) is 39.9 Å². The molecular formula is C63H101N2O6P. The molecule has 0 aromatic rings. The number of rotatable bonds is 47. The highest BCUT2D eigenvalue weighted by Gasteiger charge is 2.23. The summed E-state index contributed by atoms with van der Waals surface area (Å²) in [5, 5.41) is 13.7. The Balaban J connectivity index is 4.16. The van der Waals surface area contributed by atoms with Gasteiger partial charge in [-0.25, -0.2) is 0 Å². The zero-order chi connectivity index (χ0) is 52.7. The molecule has 0 aromatic carbocycles. The average molecular weight is 1010 g/mol. The number of phosphoric acid groups is 1. The number of phosphoric ester groups is 1. The number of nitrogens with one attached hydrogen (secondary N) is 1. The van der Waals surface area contributed by atoms with E-state index in [2.05, 4.69) is 177 Å². The lowest BCUT2D eigenvalue weighted by atomic mass is 10.1. The molecule has 0 aliphatic carbocycles. The number of allylic oxidation sites excluding steroid dienone is 27. The number of aliphatic hydroxyl groups excluding tert-OH is 1. The fourth-order valence-corrected chi connectivity index (χ4v) is 7.34. The number of carbonyl (C=O) groups excluding carboxylic acids is 1. The molecule has 0 radical (unpaired) electrons. The van der Waals surface area contributed by atoms with Gasteiger partial charge in [-0.05, 0) is 122 Å². The molecule has 404 valence electrons. The van der Waals surface area contributed by atoms with Gasteiger partial charge < -0.3 is 28.8 Å². The zero-order valence-electron chi connectivity index (χ0n) is 45.8. The largest absolute Gasteiger partial charge is 0.756 e. The van der Waals surface area contributed by atoms with Crippen LogP contribution >= 0.6 is 7.82 Å². The lowest BCUT2D eigenvalue weighted by Gasteiger charge is -2.29. The monoisotopic (exact) mass is 1010 g/mol. The van der Waals surface area contributed by atoms with Crippen LogP contribution in [0, 0.1) is 0 Å². The fraction of sp³-hybridized carbons (Fsp3) is 0.540. The first-order valence-electron chi connectivity index (χ1n) is 27.5. The molecule has 0 rings (SSSR count). The van der Waals surface area contributed by atoms with Crippen LogP contribution in [-0.2, 0) is 18.4 Å². The number of hydrogen-bond acceptors (Lipinski definition) is 6. The van der Waals surface area contributed by atoms with E-state index >= 15 is 0 Å². The van der Waals surface area contributed by atoms with Crippen molar-refractivity contribution in [2.45, 2.75) is 180 Å². The standard InChI is InChI=1S/C63H101N2O6P/c1-6-8-10-12-14-16-17-18-19-20-21-22-23-24-25-26-27-28-29-30-31-32-33-34-35-36-37-38-39-40-41-42-43-44-45-46-47-49-51-53-55-57-63(67)64-61(60-71-72(68,69)70-59-58-65(3,4)5)62(66)56-54-52-50-48-15-13-11-9-7-2/h8,10,14-16,18-19,21-22,24-25,27-28,30-31,33-34,36-37,39-40,42-43,45-46,48,54,56,61-62,66H,6-7,9,11-13,17,20,23,26,29,32,35,38,41,44,47,49-53,55,57-60H2,1-5H3,(H-,64,67,68,69)/b10-8-,16-14-,19-18-,22-21-,25-24-,28-27-,31-30-,34-33-,37-36-,40-39-,43-42-,46-45-,48-15+,56-54+. The van der Waals surface area contributed by atoms with Crippen molar-refractivity contribution in [3.8, 4) is 0 Å². The number of hydrogen-bond donors (Lipinski definition) is 2. The van der Waals surface area contributed by atoms with Crippen LogP contribution in [0.1, 0.15) is 168 Å². The molecule has 0 bridgehead atoms. The maximum Gasteiger partial charge on any atom is 0.268 e. The number of amides is 1. The van der Waals surface area contributed by atoms with Gasteiger partial charge in [-0.1, -0.05) is 210 Å². The van der Waals surface area contributed by atoms with Gasteiger partial charge in [0.1, 0.15) is 13.2 Å². The molecule has 9 heteroatoms. The Kier molecular flexibility index (Phi) is 48.8. The Labute approximate surface area is 441 Å². The number of nitrogens with zero attached hydrogens (tertiary/aromatic N) is 1. The quantitative estimate of drug-likeness (QED) is 0.0272. The third-order valence-electron chi connectivity index (χ3n) is 10.9. The molecule has 0 aliphatic rings. The molecule has 3 unspecified atom stereocenters. The van der Waals surface area contributed by atoms with Gasteiger partial charge >= 0.3 is 0 Å². The summed E-state index contributed by atoms with van der Waals surface area (Å²) in [6.45, 7) is 4.39. The molecule has 8 nitrogen and oxygen atoms in total. The summed E-state index contributed by atoms with van der Waals surface area (Å²) in [6, 6.07) is -0.927. The van der Waals surface area contributed by atoms with Gasteiger partial charge in [0.2, 0.25) is 5.91 Å². The van der Waals surface area contributed by atoms with E-state index in [0.717, 1.165) is 122 Å². The van der Waals surface area contributed by atoms with Crippen LogP contribution in [0.2, 0.25) is 0 Å². The molecular weight excluding hydrogens is 912 g/mol. The van der Waals surface area contributed by atoms with Gasteiger partial charge in [-0.15, -0.1) is 0 Å². The predicted octanol–water partition coefficient (Wildman–Crippen LogP) is 16.2. The molecule has 0 aliphatic heterocycles. The molecule has 0 saturated heterocycles. The van der Waals surface area contributed by atoms with Crippen LogP contribution in [0.3, 0.4) is 0 Å². The maximum atomic E-state index is 12.9. The minimum Gasteiger partial charge on any atom is -0.756 e. The summed E-state index contributed by atoms with van der Waals surface area (Å²) in [5.41, 5.74) is 0. The second-order valence-electron chi connectivity index (χ2n) is 18.8. The van der Waals surface area contributed by atoms with Crippen LogP contribution < -0.4 is 10.2 Å². The van der Waals surface area contributed by atoms with Gasteiger partial charge in [0.25, 0.3) is 7.82 Å². The minimum atomic E-state index is -4.61. The Morgan fingerprint density at radius 3 is 1.28 bits per heavy atom. The Hall–Kier alpha value is -4.14. The van der Waals surface area contributed by atoms with Crippen LogP contribution in [0.25, 0.3) is 0 Å². The highest BCUT2D eigenvalue weighted by Crippen LogP contribution is 2.38. The lowest BCUT2D eigenvalue weighted by Crippen LogP contribution is -2.45. The lowest BCUT2D eigenvalue weighted by molar-refractivity contribution is -0.870. The van der Waals surface area contributed by atoms with Gasteiger partial charge in [0, 0.05) is 6.42 Å². The fourth-order valence-electron chi connectivity index (χ4n) is 6.62. The third kappa shape index (κ3) is 53.7. The van der Waals surface area contributed by atoms with E-state index in [9.17, 15) is 19.4 Å². The molecule has 1 amide bonds. The smallest absolute Gasteiger partial charge is 0.268 e. The van der Waals surface area contributed by atoms with Crippen LogP contribution in [0.15, 0.2) is 170 Å². The van der Waals surface area contributed by atoms with Crippen molar-refractivity contribution in [1.82, 2.24) is 5.32 Å². The summed E-state index contributed by atoms with van der Waals surface area (Å²) in [5.74, 6) is -0.244. The maximum absolute atomic E-state index is 12.9. The highest BCUT2D eigenvalue weighted by molar-refractivity contribution is 7.45. The molecule has 0 fully saturated rings. The van der Waals surface area contributed by atoms with Crippen molar-refractivity contribution in [2.75, 3.05) is 40.9 Å². The molecule has 0 aromatic heterocycles. The summed E-state index contributed by atoms with van der Waals surface area (Å²) in [6.07, 6.45) is 83.1. The van der Waals surface area contributed by atoms with Gasteiger partial charge in [0.15, 0.2) is 0 Å². The molecule has 3 atom stereocenters. The van der Waals surface area contributed by atoms with Gasteiger partial charge in [-0.2, -0.15) is 0 Å². The third-order valence-corrected chi connectivity index (χ3v) is 11.9. The van der Waals surface area contributed by atoms with Crippen molar-refractivity contribution >= 4 is 13.7 Å². The molecule has 0 spiro atoms. The summed E-state index contributed by atoms with van der Waals surface area (Å²) < 4.78 is 23.1. The van der Waals surface area contributed by atoms with E-state index in [1.54, 1.807) is 6.08 Å². The van der Waals surface area contributed by atoms with E-state index in [1.807, 2.05) is 27.2 Å². The predicted molar refractivity (Wildman–Crippen MR) is 310 cm³/mol. The van der Waals surface area contributed by atoms with E-state index in [1.165, 1.54) is 19.3 Å². The second-order valence-corrected chi connectivity index (χ2v) is 20.2. The van der Waals surface area contributed by atoms with E-state index in [0.29, 0.717) is 23.9 Å². The van der Waals surface area contributed by atoms with Crippen molar-refractivity contribution in [3.63, 3.8) is 0 Å². The van der Waals surface area contributed by atoms with Crippen LogP contribution in [0.4, 0.5) is 0 Å². The van der Waals surface area contributed by atoms with Gasteiger partial charge in [-0.3, -0.25) is 9.36 Å². The minimum absolute atomic E-state index is 0.0215. The Morgan fingerprint density at radius 1 is 0.500 bits per heavy atom. The topological polar surface area (TPSA) is 108 Å². The zero-order valence-corrected chi connectivity index (χ0v) is 46.7. The Bertz CT molecular complexity index is 1770. The number of quaternary nitrogens is 1. The second kappa shape index (κ2) is 51.7. The first-order valence-corrected chi connectivity index (χ1v) is 29.0. The number of unbranched alkanes of at least 4 members (excludes halogenated alkanes) is 8. The molecule has 0 saturated carbocycles. The van der Waals surface area contributed by atoms with Crippen molar-refractivity contribution in [1.29, 1.82) is 0 Å². The van der Waals surface area contributed by atoms with Crippen molar-refractivity contribution in [2.24, 2.45) is 0 Å². The Morgan fingerprint density at radius 2 is 0.861 bits per heavy atom. The number of likely N-dealkylation sites (N-methyl/N-ethyl adjacent to an activating group) is 1. The average Bonchev–Trinajstić information content (AvgIpc) is 3.34. The summed E-state index contributed by atoms with van der Waals surface area (Å²) in [7, 11) is 1.19. The van der Waals surface area contributed by atoms with Crippen LogP contribution in [0.5, 0.6) is 0 Å². The van der Waals surface area contributed by atoms with Crippen LogP contribution in [-0.4, -0.2) is 68.5 Å². The highest BCUT2D eigenvalue weighted by atomic mass is 31.2. The first kappa shape index (κ1) is 67.9. The van der Waals surface area contributed by atoms with Crippen molar-refractivity contribution < 1.29 is 32.9 Å². The SMILES string of the molecule is CC/C=C\C/C=C\C/C=C\C/C=C\C/C=C\C/C=C\C/C=C\C/C=C\C/C=C\C/C=C\C/C=C\C/C=C\CCCCCCC(=O)NC(COP(=O)([O-])OCC[N+](C)(C)C)C(O)/C=C/CC/C=C/CCCCC. The molecule has 2 N–H and O–H groups in total.